The maximum atomic E-state index is 13.4. The number of hydrogen-bond acceptors (Lipinski definition) is 4. The number of nitro benzene ring substituents is 1. The van der Waals surface area contributed by atoms with Crippen LogP contribution in [-0.2, 0) is 6.54 Å². The molecule has 104 valence electrons. The minimum Gasteiger partial charge on any atom is -0.508 e. The Bertz CT molecular complexity index is 664. The Morgan fingerprint density at radius 3 is 2.70 bits per heavy atom. The minimum atomic E-state index is -0.753. The molecule has 0 aromatic heterocycles. The van der Waals surface area contributed by atoms with E-state index in [0.717, 1.165) is 12.1 Å². The van der Waals surface area contributed by atoms with Crippen LogP contribution in [0.4, 0.5) is 15.8 Å². The lowest BCUT2D eigenvalue weighted by Crippen LogP contribution is -2.03. The van der Waals surface area contributed by atoms with Crippen LogP contribution in [0.25, 0.3) is 0 Å². The number of anilines is 1. The van der Waals surface area contributed by atoms with E-state index in [1.54, 1.807) is 18.2 Å². The third-order valence-electron chi connectivity index (χ3n) is 2.70. The van der Waals surface area contributed by atoms with E-state index >= 15 is 0 Å². The zero-order valence-corrected chi connectivity index (χ0v) is 10.9. The van der Waals surface area contributed by atoms with Crippen molar-refractivity contribution >= 4 is 23.0 Å². The zero-order chi connectivity index (χ0) is 14.7. The standard InChI is InChI=1S/C13H10ClFN2O3/c14-9-5-12(17(19)20)11(6-10(9)15)16-7-8-3-1-2-4-13(8)18/h1-6,16,18H,7H2. The molecule has 0 unspecified atom stereocenters. The molecule has 2 aromatic rings. The van der Waals surface area contributed by atoms with Gasteiger partial charge in [-0.25, -0.2) is 4.39 Å². The van der Waals surface area contributed by atoms with Gasteiger partial charge in [-0.05, 0) is 6.07 Å². The van der Waals surface area contributed by atoms with E-state index in [1.165, 1.54) is 6.07 Å². The number of halogens is 2. The van der Waals surface area contributed by atoms with E-state index in [0.29, 0.717) is 5.56 Å². The molecule has 20 heavy (non-hydrogen) atoms. The highest BCUT2D eigenvalue weighted by Crippen LogP contribution is 2.31. The van der Waals surface area contributed by atoms with Crippen molar-refractivity contribution in [2.45, 2.75) is 6.54 Å². The summed E-state index contributed by atoms with van der Waals surface area (Å²) in [5, 5.41) is 22.9. The fourth-order valence-corrected chi connectivity index (χ4v) is 1.84. The number of rotatable bonds is 4. The summed E-state index contributed by atoms with van der Waals surface area (Å²) >= 11 is 5.53. The quantitative estimate of drug-likeness (QED) is 0.666. The minimum absolute atomic E-state index is 0.000142. The predicted octanol–water partition coefficient (Wildman–Crippen LogP) is 3.71. The van der Waals surface area contributed by atoms with Crippen molar-refractivity contribution in [3.8, 4) is 5.75 Å². The van der Waals surface area contributed by atoms with Crippen LogP contribution < -0.4 is 5.32 Å². The molecule has 0 amide bonds. The summed E-state index contributed by atoms with van der Waals surface area (Å²) in [5.41, 5.74) is 0.212. The zero-order valence-electron chi connectivity index (χ0n) is 10.1. The Morgan fingerprint density at radius 2 is 2.05 bits per heavy atom. The summed E-state index contributed by atoms with van der Waals surface area (Å²) in [7, 11) is 0. The molecule has 0 radical (unpaired) electrons. The lowest BCUT2D eigenvalue weighted by Gasteiger charge is -2.09. The number of phenols is 1. The molecule has 0 aliphatic carbocycles. The first-order chi connectivity index (χ1) is 9.49. The van der Waals surface area contributed by atoms with Gasteiger partial charge >= 0.3 is 0 Å². The van der Waals surface area contributed by atoms with Crippen LogP contribution in [0.3, 0.4) is 0 Å². The molecule has 2 N–H and O–H groups in total. The summed E-state index contributed by atoms with van der Waals surface area (Å²) < 4.78 is 13.4. The van der Waals surface area contributed by atoms with Gasteiger partial charge in [0.05, 0.1) is 9.95 Å². The van der Waals surface area contributed by atoms with Crippen molar-refractivity contribution in [2.24, 2.45) is 0 Å². The monoisotopic (exact) mass is 296 g/mol. The molecule has 0 heterocycles. The van der Waals surface area contributed by atoms with E-state index < -0.39 is 10.7 Å². The van der Waals surface area contributed by atoms with Crippen molar-refractivity contribution in [3.05, 3.63) is 62.9 Å². The predicted molar refractivity (Wildman–Crippen MR) is 73.5 cm³/mol. The Balaban J connectivity index is 2.27. The Morgan fingerprint density at radius 1 is 1.35 bits per heavy atom. The van der Waals surface area contributed by atoms with Gasteiger partial charge < -0.3 is 10.4 Å². The van der Waals surface area contributed by atoms with Crippen LogP contribution in [-0.4, -0.2) is 10.0 Å². The maximum Gasteiger partial charge on any atom is 0.294 e. The van der Waals surface area contributed by atoms with Gasteiger partial charge in [-0.3, -0.25) is 10.1 Å². The summed E-state index contributed by atoms with van der Waals surface area (Å²) in [5.74, 6) is -0.700. The SMILES string of the molecule is O=[N+]([O-])c1cc(Cl)c(F)cc1NCc1ccccc1O. The third-order valence-corrected chi connectivity index (χ3v) is 2.99. The highest BCUT2D eigenvalue weighted by molar-refractivity contribution is 6.31. The van der Waals surface area contributed by atoms with Gasteiger partial charge in [0.15, 0.2) is 0 Å². The van der Waals surface area contributed by atoms with Gasteiger partial charge in [0, 0.05) is 24.2 Å². The highest BCUT2D eigenvalue weighted by Gasteiger charge is 2.17. The maximum absolute atomic E-state index is 13.4. The lowest BCUT2D eigenvalue weighted by atomic mass is 10.2. The van der Waals surface area contributed by atoms with Gasteiger partial charge in [-0.2, -0.15) is 0 Å². The van der Waals surface area contributed by atoms with E-state index in [-0.39, 0.29) is 28.7 Å². The van der Waals surface area contributed by atoms with Gasteiger partial charge in [0.2, 0.25) is 0 Å². The molecular formula is C13H10ClFN2O3. The molecule has 7 heteroatoms. The van der Waals surface area contributed by atoms with Crippen LogP contribution in [0.1, 0.15) is 5.56 Å². The summed E-state index contributed by atoms with van der Waals surface area (Å²) in [4.78, 5) is 10.2. The number of benzene rings is 2. The van der Waals surface area contributed by atoms with Crippen molar-refractivity contribution in [1.82, 2.24) is 0 Å². The second-order valence-corrected chi connectivity index (χ2v) is 4.43. The molecule has 5 nitrogen and oxygen atoms in total. The number of nitro groups is 1. The molecule has 2 aromatic carbocycles. The molecule has 0 saturated carbocycles. The fraction of sp³-hybridized carbons (Fsp3) is 0.0769. The average Bonchev–Trinajstić information content (AvgIpc) is 2.41. The van der Waals surface area contributed by atoms with E-state index in [9.17, 15) is 19.6 Å². The third kappa shape index (κ3) is 2.97. The molecule has 0 atom stereocenters. The summed E-state index contributed by atoms with van der Waals surface area (Å²) in [6.07, 6.45) is 0. The first-order valence-electron chi connectivity index (χ1n) is 5.63. The smallest absolute Gasteiger partial charge is 0.294 e. The molecule has 2 rings (SSSR count). The van der Waals surface area contributed by atoms with Crippen LogP contribution >= 0.6 is 11.6 Å². The van der Waals surface area contributed by atoms with Crippen LogP contribution in [0, 0.1) is 15.9 Å². The number of hydrogen-bond donors (Lipinski definition) is 2. The normalized spacial score (nSPS) is 10.3. The molecule has 0 fully saturated rings. The number of nitrogens with one attached hydrogen (secondary N) is 1. The van der Waals surface area contributed by atoms with E-state index in [1.807, 2.05) is 0 Å². The summed E-state index contributed by atoms with van der Waals surface area (Å²) in [6, 6.07) is 8.43. The Labute approximate surface area is 118 Å². The van der Waals surface area contributed by atoms with Crippen LogP contribution in [0.2, 0.25) is 5.02 Å². The van der Waals surface area contributed by atoms with E-state index in [2.05, 4.69) is 5.32 Å². The number of aromatic hydroxyl groups is 1. The molecule has 0 aliphatic heterocycles. The lowest BCUT2D eigenvalue weighted by molar-refractivity contribution is -0.384. The van der Waals surface area contributed by atoms with Crippen LogP contribution in [0.15, 0.2) is 36.4 Å². The first-order valence-corrected chi connectivity index (χ1v) is 6.01. The highest BCUT2D eigenvalue weighted by atomic mass is 35.5. The van der Waals surface area contributed by atoms with Crippen molar-refractivity contribution in [1.29, 1.82) is 0 Å². The largest absolute Gasteiger partial charge is 0.508 e. The van der Waals surface area contributed by atoms with Gasteiger partial charge in [-0.1, -0.05) is 29.8 Å². The topological polar surface area (TPSA) is 75.4 Å². The van der Waals surface area contributed by atoms with Gasteiger partial charge in [-0.15, -0.1) is 0 Å². The number of nitrogens with zero attached hydrogens (tertiary/aromatic N) is 1. The van der Waals surface area contributed by atoms with Gasteiger partial charge in [0.1, 0.15) is 17.3 Å². The molecule has 0 aliphatic rings. The van der Waals surface area contributed by atoms with Crippen molar-refractivity contribution in [2.75, 3.05) is 5.32 Å². The molecule has 0 bridgehead atoms. The Kier molecular flexibility index (Phi) is 4.05. The van der Waals surface area contributed by atoms with E-state index in [4.69, 9.17) is 11.6 Å². The summed E-state index contributed by atoms with van der Waals surface area (Å²) in [6.45, 7) is 0.120. The number of phenolic OH excluding ortho intramolecular Hbond substituents is 1. The van der Waals surface area contributed by atoms with Crippen molar-refractivity contribution in [3.63, 3.8) is 0 Å². The second-order valence-electron chi connectivity index (χ2n) is 4.02. The van der Waals surface area contributed by atoms with Gasteiger partial charge in [0.25, 0.3) is 5.69 Å². The molecule has 0 saturated heterocycles. The van der Waals surface area contributed by atoms with Crippen LogP contribution in [0.5, 0.6) is 5.75 Å². The van der Waals surface area contributed by atoms with Crippen molar-refractivity contribution < 1.29 is 14.4 Å². The average molecular weight is 297 g/mol. The second kappa shape index (κ2) is 5.75. The molecular weight excluding hydrogens is 287 g/mol. The molecule has 0 spiro atoms. The fourth-order valence-electron chi connectivity index (χ4n) is 1.68. The Hall–Kier alpha value is -2.34. The number of para-hydroxylation sites is 1. The first kappa shape index (κ1) is 14.1.